The van der Waals surface area contributed by atoms with Gasteiger partial charge in [-0.1, -0.05) is 44.2 Å². The molecule has 0 radical (unpaired) electrons. The predicted molar refractivity (Wildman–Crippen MR) is 82.6 cm³/mol. The Bertz CT molecular complexity index is 598. The van der Waals surface area contributed by atoms with Crippen molar-refractivity contribution in [3.8, 4) is 11.1 Å². The zero-order chi connectivity index (χ0) is 13.4. The topological polar surface area (TPSA) is 12.0 Å². The molecule has 3 rings (SSSR count). The molecular weight excluding hydrogens is 230 g/mol. The van der Waals surface area contributed by atoms with Gasteiger partial charge in [0.2, 0.25) is 0 Å². The van der Waals surface area contributed by atoms with Crippen LogP contribution in [0.4, 0.5) is 5.69 Å². The van der Waals surface area contributed by atoms with E-state index >= 15 is 0 Å². The average molecular weight is 251 g/mol. The van der Waals surface area contributed by atoms with Gasteiger partial charge in [0, 0.05) is 11.7 Å². The molecule has 1 aliphatic carbocycles. The third-order valence-corrected chi connectivity index (χ3v) is 4.19. The summed E-state index contributed by atoms with van der Waals surface area (Å²) in [4.78, 5) is 0. The lowest BCUT2D eigenvalue weighted by atomic mass is 10.0. The van der Waals surface area contributed by atoms with Crippen molar-refractivity contribution in [2.75, 3.05) is 5.32 Å². The van der Waals surface area contributed by atoms with Gasteiger partial charge in [-0.2, -0.15) is 0 Å². The number of hydrogen-bond acceptors (Lipinski definition) is 1. The summed E-state index contributed by atoms with van der Waals surface area (Å²) in [5, 5.41) is 3.60. The van der Waals surface area contributed by atoms with Gasteiger partial charge in [0.1, 0.15) is 0 Å². The van der Waals surface area contributed by atoms with Crippen LogP contribution in [0.1, 0.15) is 31.9 Å². The average Bonchev–Trinajstić information content (AvgIpc) is 2.76. The van der Waals surface area contributed by atoms with E-state index < -0.39 is 0 Å². The van der Waals surface area contributed by atoms with E-state index in [-0.39, 0.29) is 0 Å². The van der Waals surface area contributed by atoms with Crippen molar-refractivity contribution in [2.24, 2.45) is 5.92 Å². The molecule has 19 heavy (non-hydrogen) atoms. The summed E-state index contributed by atoms with van der Waals surface area (Å²) in [5.74, 6) is 0.644. The van der Waals surface area contributed by atoms with E-state index in [9.17, 15) is 0 Å². The van der Waals surface area contributed by atoms with Crippen molar-refractivity contribution >= 4 is 5.69 Å². The first kappa shape index (κ1) is 12.3. The van der Waals surface area contributed by atoms with Gasteiger partial charge in [-0.3, -0.25) is 0 Å². The molecule has 0 saturated carbocycles. The number of hydrogen-bond donors (Lipinski definition) is 1. The minimum atomic E-state index is 0.502. The Morgan fingerprint density at radius 3 is 2.42 bits per heavy atom. The summed E-state index contributed by atoms with van der Waals surface area (Å²) in [7, 11) is 0. The van der Waals surface area contributed by atoms with Crippen LogP contribution < -0.4 is 5.32 Å². The maximum atomic E-state index is 3.60. The molecule has 1 atom stereocenters. The normalized spacial score (nSPS) is 14.1. The van der Waals surface area contributed by atoms with Crippen molar-refractivity contribution in [3.63, 3.8) is 0 Å². The molecule has 1 nitrogen and oxygen atoms in total. The van der Waals surface area contributed by atoms with Gasteiger partial charge in [0.15, 0.2) is 0 Å². The van der Waals surface area contributed by atoms with Gasteiger partial charge in [-0.05, 0) is 53.6 Å². The Morgan fingerprint density at radius 1 is 0.895 bits per heavy atom. The summed E-state index contributed by atoms with van der Waals surface area (Å²) in [6.07, 6.45) is 1.07. The van der Waals surface area contributed by atoms with Crippen LogP contribution in [0.15, 0.2) is 42.5 Å². The molecule has 1 unspecified atom stereocenters. The fraction of sp³-hybridized carbons (Fsp3) is 0.333. The first-order chi connectivity index (χ1) is 9.15. The molecule has 0 heterocycles. The van der Waals surface area contributed by atoms with Crippen LogP contribution in [0.3, 0.4) is 0 Å². The highest BCUT2D eigenvalue weighted by atomic mass is 14.9. The molecule has 0 saturated heterocycles. The third-order valence-electron chi connectivity index (χ3n) is 4.19. The van der Waals surface area contributed by atoms with Crippen molar-refractivity contribution in [1.82, 2.24) is 0 Å². The number of benzene rings is 2. The Balaban J connectivity index is 1.89. The van der Waals surface area contributed by atoms with Gasteiger partial charge >= 0.3 is 0 Å². The highest BCUT2D eigenvalue weighted by molar-refractivity contribution is 5.78. The highest BCUT2D eigenvalue weighted by Crippen LogP contribution is 2.37. The summed E-state index contributed by atoms with van der Waals surface area (Å²) in [6.45, 7) is 6.74. The van der Waals surface area contributed by atoms with E-state index in [2.05, 4.69) is 68.6 Å². The maximum absolute atomic E-state index is 3.60. The zero-order valence-electron chi connectivity index (χ0n) is 11.9. The lowest BCUT2D eigenvalue weighted by Crippen LogP contribution is -2.21. The Hall–Kier alpha value is -1.76. The molecule has 2 aromatic carbocycles. The van der Waals surface area contributed by atoms with Crippen LogP contribution in [0.25, 0.3) is 11.1 Å². The van der Waals surface area contributed by atoms with Gasteiger partial charge in [0.25, 0.3) is 0 Å². The van der Waals surface area contributed by atoms with Crippen LogP contribution in [0.2, 0.25) is 0 Å². The SMILES string of the molecule is CC(C)C(C)Nc1ccc2c(c1)Cc1ccccc1-2. The van der Waals surface area contributed by atoms with E-state index in [4.69, 9.17) is 0 Å². The van der Waals surface area contributed by atoms with Crippen LogP contribution in [0, 0.1) is 5.92 Å². The molecule has 98 valence electrons. The lowest BCUT2D eigenvalue weighted by molar-refractivity contribution is 0.560. The standard InChI is InChI=1S/C18H21N/c1-12(2)13(3)19-16-8-9-18-15(11-16)10-14-6-4-5-7-17(14)18/h4-9,11-13,19H,10H2,1-3H3. The molecule has 1 heteroatoms. The van der Waals surface area contributed by atoms with Gasteiger partial charge in [-0.25, -0.2) is 0 Å². The highest BCUT2D eigenvalue weighted by Gasteiger charge is 2.18. The number of fused-ring (bicyclic) bond motifs is 3. The molecule has 0 aliphatic heterocycles. The van der Waals surface area contributed by atoms with Crippen molar-refractivity contribution < 1.29 is 0 Å². The lowest BCUT2D eigenvalue weighted by Gasteiger charge is -2.19. The van der Waals surface area contributed by atoms with Crippen molar-refractivity contribution in [3.05, 3.63) is 53.6 Å². The second-order valence-corrected chi connectivity index (χ2v) is 5.88. The Kier molecular flexibility index (Phi) is 3.06. The first-order valence-electron chi connectivity index (χ1n) is 7.13. The Morgan fingerprint density at radius 2 is 1.63 bits per heavy atom. The van der Waals surface area contributed by atoms with Crippen molar-refractivity contribution in [1.29, 1.82) is 0 Å². The van der Waals surface area contributed by atoms with E-state index in [1.54, 1.807) is 0 Å². The maximum Gasteiger partial charge on any atom is 0.0345 e. The zero-order valence-corrected chi connectivity index (χ0v) is 11.9. The Labute approximate surface area is 115 Å². The summed E-state index contributed by atoms with van der Waals surface area (Å²) in [5.41, 5.74) is 6.95. The molecule has 0 fully saturated rings. The van der Waals surface area contributed by atoms with E-state index in [1.807, 2.05) is 0 Å². The number of anilines is 1. The van der Waals surface area contributed by atoms with E-state index in [0.717, 1.165) is 6.42 Å². The van der Waals surface area contributed by atoms with Crippen LogP contribution in [-0.4, -0.2) is 6.04 Å². The second kappa shape index (κ2) is 4.73. The van der Waals surface area contributed by atoms with Gasteiger partial charge in [0.05, 0.1) is 0 Å². The molecule has 0 bridgehead atoms. The monoisotopic (exact) mass is 251 g/mol. The molecule has 0 amide bonds. The fourth-order valence-electron chi connectivity index (χ4n) is 2.66. The molecule has 0 aromatic heterocycles. The second-order valence-electron chi connectivity index (χ2n) is 5.88. The fourth-order valence-corrected chi connectivity index (χ4v) is 2.66. The predicted octanol–water partition coefficient (Wildman–Crippen LogP) is 4.71. The smallest absolute Gasteiger partial charge is 0.0345 e. The minimum Gasteiger partial charge on any atom is -0.382 e. The number of nitrogens with one attached hydrogen (secondary N) is 1. The minimum absolute atomic E-state index is 0.502. The van der Waals surface area contributed by atoms with Crippen molar-refractivity contribution in [2.45, 2.75) is 33.2 Å². The molecular formula is C18H21N. The quantitative estimate of drug-likeness (QED) is 0.710. The number of rotatable bonds is 3. The van der Waals surface area contributed by atoms with Crippen LogP contribution in [0.5, 0.6) is 0 Å². The summed E-state index contributed by atoms with van der Waals surface area (Å²) in [6, 6.07) is 16.0. The summed E-state index contributed by atoms with van der Waals surface area (Å²) < 4.78 is 0. The van der Waals surface area contributed by atoms with E-state index in [1.165, 1.54) is 27.9 Å². The molecule has 1 N–H and O–H groups in total. The van der Waals surface area contributed by atoms with Crippen LogP contribution in [-0.2, 0) is 6.42 Å². The molecule has 0 spiro atoms. The first-order valence-corrected chi connectivity index (χ1v) is 7.13. The van der Waals surface area contributed by atoms with E-state index in [0.29, 0.717) is 12.0 Å². The van der Waals surface area contributed by atoms with Crippen LogP contribution >= 0.6 is 0 Å². The van der Waals surface area contributed by atoms with Gasteiger partial charge < -0.3 is 5.32 Å². The molecule has 1 aliphatic rings. The third kappa shape index (κ3) is 2.25. The molecule has 2 aromatic rings. The summed E-state index contributed by atoms with van der Waals surface area (Å²) >= 11 is 0. The largest absolute Gasteiger partial charge is 0.382 e. The van der Waals surface area contributed by atoms with Gasteiger partial charge in [-0.15, -0.1) is 0 Å².